The maximum atomic E-state index is 12.8. The molecule has 0 aromatic carbocycles. The van der Waals surface area contributed by atoms with Gasteiger partial charge in [0.2, 0.25) is 0 Å². The molecule has 386 valence electrons. The number of carbonyl (C=O) groups is 3. The van der Waals surface area contributed by atoms with Crippen LogP contribution in [0.25, 0.3) is 0 Å². The predicted octanol–water partition coefficient (Wildman–Crippen LogP) is 19.4. The third-order valence-corrected chi connectivity index (χ3v) is 14.8. The molecule has 0 aromatic rings. The molecule has 6 heteroatoms. The molecule has 0 heterocycles. The van der Waals surface area contributed by atoms with Gasteiger partial charge in [0.15, 0.2) is 0 Å². The van der Waals surface area contributed by atoms with Gasteiger partial charge in [-0.05, 0) is 61.7 Å². The fourth-order valence-corrected chi connectivity index (χ4v) is 10.6. The first-order chi connectivity index (χ1) is 31.2. The van der Waals surface area contributed by atoms with Crippen LogP contribution in [0.3, 0.4) is 0 Å². The first-order valence-electron chi connectivity index (χ1n) is 28.8. The van der Waals surface area contributed by atoms with E-state index in [1.165, 1.54) is 173 Å². The Morgan fingerprint density at radius 2 is 0.415 bits per heavy atom. The SMILES string of the molecule is CC(C)CCCCCCCCCCCCCC(CC(C)(CC(CCCCCCCCCCCCCC(C)C)C(=O)O)CC(CCCCCCCCCCCCCC(C)C)C(=O)O)C(=O)O. The van der Waals surface area contributed by atoms with Crippen LogP contribution in [0, 0.1) is 40.9 Å². The van der Waals surface area contributed by atoms with Crippen molar-refractivity contribution in [3.05, 3.63) is 0 Å². The fourth-order valence-electron chi connectivity index (χ4n) is 10.6. The summed E-state index contributed by atoms with van der Waals surface area (Å²) in [5, 5.41) is 31.4. The number of carboxylic acid groups (broad SMARTS) is 3. The van der Waals surface area contributed by atoms with Crippen molar-refractivity contribution in [1.29, 1.82) is 0 Å². The summed E-state index contributed by atoms with van der Waals surface area (Å²) in [5.41, 5.74) is -0.673. The van der Waals surface area contributed by atoms with E-state index in [0.29, 0.717) is 38.5 Å². The van der Waals surface area contributed by atoms with E-state index in [-0.39, 0.29) is 0 Å². The van der Waals surface area contributed by atoms with Gasteiger partial charge >= 0.3 is 17.9 Å². The van der Waals surface area contributed by atoms with E-state index >= 15 is 0 Å². The summed E-state index contributed by atoms with van der Waals surface area (Å²) in [4.78, 5) is 38.4. The predicted molar refractivity (Wildman–Crippen MR) is 280 cm³/mol. The van der Waals surface area contributed by atoms with Crippen molar-refractivity contribution < 1.29 is 29.7 Å². The van der Waals surface area contributed by atoms with Crippen LogP contribution >= 0.6 is 0 Å². The Morgan fingerprint density at radius 1 is 0.277 bits per heavy atom. The molecule has 3 N–H and O–H groups in total. The summed E-state index contributed by atoms with van der Waals surface area (Å²) < 4.78 is 0. The number of carboxylic acids is 3. The molecule has 3 atom stereocenters. The highest BCUT2D eigenvalue weighted by atomic mass is 16.4. The second kappa shape index (κ2) is 43.7. The molecule has 0 saturated heterocycles. The summed E-state index contributed by atoms with van der Waals surface area (Å²) in [6.07, 6.45) is 47.1. The van der Waals surface area contributed by atoms with Gasteiger partial charge in [0, 0.05) is 0 Å². The zero-order valence-corrected chi connectivity index (χ0v) is 44.7. The van der Waals surface area contributed by atoms with Gasteiger partial charge in [-0.2, -0.15) is 0 Å². The Balaban J connectivity index is 5.17. The second-order valence-electron chi connectivity index (χ2n) is 23.1. The summed E-state index contributed by atoms with van der Waals surface area (Å²) in [7, 11) is 0. The minimum absolute atomic E-state index is 0.350. The molecule has 0 aromatic heterocycles. The first kappa shape index (κ1) is 63.4. The normalized spacial score (nSPS) is 14.3. The summed E-state index contributed by atoms with van der Waals surface area (Å²) >= 11 is 0. The molecule has 0 amide bonds. The van der Waals surface area contributed by atoms with Gasteiger partial charge in [-0.15, -0.1) is 0 Å². The molecule has 0 radical (unpaired) electrons. The second-order valence-corrected chi connectivity index (χ2v) is 23.1. The van der Waals surface area contributed by atoms with Crippen LogP contribution in [0.2, 0.25) is 0 Å². The monoisotopic (exact) mass is 919 g/mol. The maximum absolute atomic E-state index is 12.8. The maximum Gasteiger partial charge on any atom is 0.306 e. The lowest BCUT2D eigenvalue weighted by Gasteiger charge is -2.36. The van der Waals surface area contributed by atoms with E-state index in [4.69, 9.17) is 0 Å². The average Bonchev–Trinajstić information content (AvgIpc) is 3.23. The molecule has 0 aliphatic rings. The van der Waals surface area contributed by atoms with Crippen LogP contribution in [0.15, 0.2) is 0 Å². The Morgan fingerprint density at radius 3 is 0.554 bits per heavy atom. The highest BCUT2D eigenvalue weighted by Gasteiger charge is 2.38. The van der Waals surface area contributed by atoms with E-state index in [1.807, 2.05) is 6.92 Å². The quantitative estimate of drug-likeness (QED) is 0.0524. The van der Waals surface area contributed by atoms with E-state index in [2.05, 4.69) is 41.5 Å². The largest absolute Gasteiger partial charge is 0.481 e. The molecule has 0 fully saturated rings. The Kier molecular flexibility index (Phi) is 42.6. The standard InChI is InChI=1S/C59H114O6/c1-50(2)41-35-29-23-17-11-8-14-20-26-32-38-44-53(56(60)61)47-59(7,48-54(57(62)63)45-39-33-27-21-15-9-12-18-24-30-36-42-51(3)4)49-55(58(64)65)46-40-34-28-22-16-10-13-19-25-31-37-43-52(5)6/h50-55H,8-49H2,1-7H3,(H,60,61)(H,62,63)(H,64,65). The van der Waals surface area contributed by atoms with Crippen LogP contribution in [0.1, 0.15) is 318 Å². The van der Waals surface area contributed by atoms with Crippen molar-refractivity contribution in [2.24, 2.45) is 40.9 Å². The van der Waals surface area contributed by atoms with Gasteiger partial charge in [0.25, 0.3) is 0 Å². The Bertz CT molecular complexity index is 952. The molecule has 3 unspecified atom stereocenters. The summed E-state index contributed by atoms with van der Waals surface area (Å²) in [6.45, 7) is 15.8. The van der Waals surface area contributed by atoms with Crippen LogP contribution in [0.4, 0.5) is 0 Å². The zero-order chi connectivity index (χ0) is 48.4. The van der Waals surface area contributed by atoms with E-state index in [0.717, 1.165) is 75.5 Å². The van der Waals surface area contributed by atoms with Gasteiger partial charge in [0.05, 0.1) is 17.8 Å². The minimum atomic E-state index is -0.819. The molecule has 0 aliphatic heterocycles. The van der Waals surface area contributed by atoms with Crippen molar-refractivity contribution in [3.63, 3.8) is 0 Å². The Labute approximate surface area is 405 Å². The van der Waals surface area contributed by atoms with Crippen LogP contribution < -0.4 is 0 Å². The number of rotatable bonds is 51. The highest BCUT2D eigenvalue weighted by Crippen LogP contribution is 2.43. The van der Waals surface area contributed by atoms with Crippen molar-refractivity contribution >= 4 is 17.9 Å². The van der Waals surface area contributed by atoms with Gasteiger partial charge in [-0.3, -0.25) is 14.4 Å². The molecule has 0 rings (SSSR count). The van der Waals surface area contributed by atoms with E-state index in [9.17, 15) is 29.7 Å². The third kappa shape index (κ3) is 42.3. The summed E-state index contributed by atoms with van der Waals surface area (Å²) in [5.74, 6) is -1.79. The van der Waals surface area contributed by atoms with Crippen molar-refractivity contribution in [2.45, 2.75) is 318 Å². The topological polar surface area (TPSA) is 112 Å². The molecule has 0 aliphatic carbocycles. The number of hydrogen-bond acceptors (Lipinski definition) is 3. The highest BCUT2D eigenvalue weighted by molar-refractivity contribution is 5.71. The lowest BCUT2D eigenvalue weighted by Crippen LogP contribution is -2.33. The lowest BCUT2D eigenvalue weighted by atomic mass is 9.67. The fraction of sp³-hybridized carbons (Fsp3) is 0.949. The van der Waals surface area contributed by atoms with Crippen LogP contribution in [-0.2, 0) is 14.4 Å². The Hall–Kier alpha value is -1.59. The number of unbranched alkanes of at least 4 members (excludes halogenated alkanes) is 30. The van der Waals surface area contributed by atoms with Gasteiger partial charge in [-0.1, -0.05) is 280 Å². The van der Waals surface area contributed by atoms with Crippen molar-refractivity contribution in [3.8, 4) is 0 Å². The number of hydrogen-bond donors (Lipinski definition) is 3. The molecule has 6 nitrogen and oxygen atoms in total. The van der Waals surface area contributed by atoms with Crippen LogP contribution in [-0.4, -0.2) is 33.2 Å². The molecule has 65 heavy (non-hydrogen) atoms. The van der Waals surface area contributed by atoms with Gasteiger partial charge in [0.1, 0.15) is 0 Å². The smallest absolute Gasteiger partial charge is 0.306 e. The zero-order valence-electron chi connectivity index (χ0n) is 44.7. The molecule has 0 bridgehead atoms. The summed E-state index contributed by atoms with van der Waals surface area (Å²) in [6, 6.07) is 0. The van der Waals surface area contributed by atoms with E-state index in [1.54, 1.807) is 0 Å². The van der Waals surface area contributed by atoms with Crippen molar-refractivity contribution in [1.82, 2.24) is 0 Å². The van der Waals surface area contributed by atoms with Crippen molar-refractivity contribution in [2.75, 3.05) is 0 Å². The average molecular weight is 920 g/mol. The minimum Gasteiger partial charge on any atom is -0.481 e. The third-order valence-electron chi connectivity index (χ3n) is 14.8. The lowest BCUT2D eigenvalue weighted by molar-refractivity contribution is -0.145. The van der Waals surface area contributed by atoms with E-state index < -0.39 is 41.1 Å². The first-order valence-corrected chi connectivity index (χ1v) is 28.8. The molecular weight excluding hydrogens is 805 g/mol. The van der Waals surface area contributed by atoms with Gasteiger partial charge in [-0.25, -0.2) is 0 Å². The van der Waals surface area contributed by atoms with Gasteiger partial charge < -0.3 is 15.3 Å². The molecular formula is C59H114O6. The van der Waals surface area contributed by atoms with Crippen LogP contribution in [0.5, 0.6) is 0 Å². The molecule has 0 saturated carbocycles. The number of aliphatic carboxylic acids is 3. The molecule has 0 spiro atoms.